The van der Waals surface area contributed by atoms with Gasteiger partial charge in [0.2, 0.25) is 0 Å². The first kappa shape index (κ1) is 30.2. The summed E-state index contributed by atoms with van der Waals surface area (Å²) >= 11 is 0. The Kier molecular flexibility index (Phi) is 7.15. The van der Waals surface area contributed by atoms with Crippen molar-refractivity contribution in [2.45, 2.75) is 0 Å². The lowest BCUT2D eigenvalue weighted by Crippen LogP contribution is -2.72. The van der Waals surface area contributed by atoms with E-state index in [9.17, 15) is 0 Å². The lowest BCUT2D eigenvalue weighted by molar-refractivity contribution is 1.06. The van der Waals surface area contributed by atoms with Crippen molar-refractivity contribution >= 4 is 39.7 Å². The molecular weight excluding hydrogens is 647 g/mol. The molecule has 0 unspecified atom stereocenters. The molecule has 3 nitrogen and oxygen atoms in total. The Balaban J connectivity index is 1.03. The quantitative estimate of drug-likeness (QED) is 0.165. The molecule has 0 saturated heterocycles. The van der Waals surface area contributed by atoms with Gasteiger partial charge in [-0.3, -0.25) is 0 Å². The van der Waals surface area contributed by atoms with E-state index in [1.165, 1.54) is 48.4 Å². The maximum Gasteiger partial charge on any atom is 0.180 e. The molecule has 10 rings (SSSR count). The van der Waals surface area contributed by atoms with Crippen LogP contribution in [-0.4, -0.2) is 22.6 Å². The molecule has 0 radical (unpaired) electrons. The Bertz CT molecular complexity index is 2650. The van der Waals surface area contributed by atoms with Crippen molar-refractivity contribution in [1.29, 1.82) is 0 Å². The highest BCUT2D eigenvalue weighted by Gasteiger charge is 2.48. The molecule has 9 aromatic rings. The molecule has 0 N–H and O–H groups in total. The number of fused-ring (bicyclic) bond motifs is 4. The molecule has 0 fully saturated rings. The molecule has 4 heteroatoms. The number of para-hydroxylation sites is 1. The fourth-order valence-corrected chi connectivity index (χ4v) is 13.4. The van der Waals surface area contributed by atoms with Gasteiger partial charge in [-0.05, 0) is 60.7 Å². The van der Waals surface area contributed by atoms with E-state index in [0.29, 0.717) is 5.82 Å². The van der Waals surface area contributed by atoms with E-state index >= 15 is 0 Å². The van der Waals surface area contributed by atoms with Crippen LogP contribution in [0.25, 0.3) is 61.5 Å². The highest BCUT2D eigenvalue weighted by molar-refractivity contribution is 7.22. The van der Waals surface area contributed by atoms with Gasteiger partial charge in [-0.25, -0.2) is 9.97 Å². The van der Waals surface area contributed by atoms with Crippen molar-refractivity contribution in [3.05, 3.63) is 200 Å². The van der Waals surface area contributed by atoms with Crippen LogP contribution in [0.5, 0.6) is 0 Å². The molecule has 1 aliphatic rings. The van der Waals surface area contributed by atoms with Crippen LogP contribution in [0.1, 0.15) is 0 Å². The van der Waals surface area contributed by atoms with E-state index in [1.807, 2.05) is 12.4 Å². The fraction of sp³-hybridized carbons (Fsp3) is 0. The first-order valence-electron chi connectivity index (χ1n) is 17.7. The van der Waals surface area contributed by atoms with Gasteiger partial charge in [0.25, 0.3) is 0 Å². The summed E-state index contributed by atoms with van der Waals surface area (Å²) in [5, 5.41) is 6.82. The highest BCUT2D eigenvalue weighted by atomic mass is 28.3. The van der Waals surface area contributed by atoms with E-state index in [0.717, 1.165) is 28.0 Å². The van der Waals surface area contributed by atoms with Crippen molar-refractivity contribution in [1.82, 2.24) is 14.5 Å². The Morgan fingerprint density at radius 1 is 0.404 bits per heavy atom. The van der Waals surface area contributed by atoms with Gasteiger partial charge < -0.3 is 4.57 Å². The van der Waals surface area contributed by atoms with E-state index in [-0.39, 0.29) is 0 Å². The van der Waals surface area contributed by atoms with Crippen molar-refractivity contribution in [3.8, 4) is 50.6 Å². The second kappa shape index (κ2) is 12.3. The summed E-state index contributed by atoms with van der Waals surface area (Å²) < 4.78 is 2.27. The monoisotopic (exact) mass is 679 g/mol. The van der Waals surface area contributed by atoms with Gasteiger partial charge in [-0.1, -0.05) is 176 Å². The maximum absolute atomic E-state index is 4.95. The highest BCUT2D eigenvalue weighted by Crippen LogP contribution is 2.33. The molecule has 3 heterocycles. The van der Waals surface area contributed by atoms with Crippen molar-refractivity contribution in [3.63, 3.8) is 0 Å². The first-order chi connectivity index (χ1) is 25.8. The lowest BCUT2D eigenvalue weighted by Gasteiger charge is -2.31. The molecule has 0 aliphatic carbocycles. The van der Waals surface area contributed by atoms with Crippen LogP contribution in [0.15, 0.2) is 200 Å². The van der Waals surface area contributed by atoms with Gasteiger partial charge in [0, 0.05) is 10.9 Å². The third-order valence-corrected chi connectivity index (χ3v) is 15.5. The topological polar surface area (TPSA) is 30.7 Å². The van der Waals surface area contributed by atoms with Gasteiger partial charge in [0.05, 0.1) is 29.3 Å². The standard InChI is InChI=1S/C48H33N3Si/c1-3-13-34(14-4-1)35-23-25-36(26-24-35)45-31-38-15-7-10-20-44(38)51(45)39-32-49-48(50-33-39)37-27-29-41(30-28-37)52(40-16-5-2-6-17-40)46-21-11-8-18-42(46)43-19-9-12-22-47(43)52/h1-33H. The van der Waals surface area contributed by atoms with Crippen molar-refractivity contribution < 1.29 is 0 Å². The molecule has 52 heavy (non-hydrogen) atoms. The molecular formula is C48H33N3Si. The predicted octanol–water partition coefficient (Wildman–Crippen LogP) is 8.78. The van der Waals surface area contributed by atoms with E-state index in [1.54, 1.807) is 0 Å². The first-order valence-corrected chi connectivity index (χ1v) is 19.7. The minimum absolute atomic E-state index is 0.711. The fourth-order valence-electron chi connectivity index (χ4n) is 8.28. The Hall–Kier alpha value is -6.62. The third-order valence-electron chi connectivity index (χ3n) is 10.6. The number of nitrogens with zero attached hydrogens (tertiary/aromatic N) is 3. The molecule has 7 aromatic carbocycles. The largest absolute Gasteiger partial charge is 0.306 e. The molecule has 0 saturated carbocycles. The van der Waals surface area contributed by atoms with Gasteiger partial charge >= 0.3 is 0 Å². The van der Waals surface area contributed by atoms with Gasteiger partial charge in [0.1, 0.15) is 0 Å². The molecule has 0 amide bonds. The molecule has 0 atom stereocenters. The SMILES string of the molecule is c1ccc(-c2ccc(-c3cc4ccccc4n3-c3cnc(-c4ccc([Si]5(c6ccccc6)c6ccccc6-c6ccccc65)cc4)nc3)cc2)cc1. The van der Waals surface area contributed by atoms with E-state index in [2.05, 4.69) is 193 Å². The zero-order chi connectivity index (χ0) is 34.5. The minimum atomic E-state index is -2.53. The molecule has 0 bridgehead atoms. The average molecular weight is 680 g/mol. The van der Waals surface area contributed by atoms with Crippen molar-refractivity contribution in [2.24, 2.45) is 0 Å². The summed E-state index contributed by atoms with van der Waals surface area (Å²) in [7, 11) is -2.53. The number of hydrogen-bond acceptors (Lipinski definition) is 2. The number of aromatic nitrogens is 3. The van der Waals surface area contributed by atoms with Gasteiger partial charge in [0.15, 0.2) is 13.9 Å². The van der Waals surface area contributed by atoms with Crippen LogP contribution in [0.2, 0.25) is 0 Å². The molecule has 0 spiro atoms. The maximum atomic E-state index is 4.95. The van der Waals surface area contributed by atoms with Crippen molar-refractivity contribution in [2.75, 3.05) is 0 Å². The Labute approximate surface area is 304 Å². The summed E-state index contributed by atoms with van der Waals surface area (Å²) in [4.78, 5) is 9.91. The van der Waals surface area contributed by atoms with Crippen LogP contribution >= 0.6 is 0 Å². The summed E-state index contributed by atoms with van der Waals surface area (Å²) in [5.74, 6) is 0.711. The normalized spacial score (nSPS) is 12.8. The Morgan fingerprint density at radius 2 is 0.904 bits per heavy atom. The van der Waals surface area contributed by atoms with Crippen LogP contribution in [-0.2, 0) is 0 Å². The summed E-state index contributed by atoms with van der Waals surface area (Å²) in [6, 6.07) is 68.2. The van der Waals surface area contributed by atoms with Crippen LogP contribution in [0.4, 0.5) is 0 Å². The lowest BCUT2D eigenvalue weighted by atomic mass is 10.0. The number of hydrogen-bond donors (Lipinski definition) is 0. The van der Waals surface area contributed by atoms with Crippen LogP contribution < -0.4 is 20.7 Å². The second-order valence-corrected chi connectivity index (χ2v) is 17.1. The van der Waals surface area contributed by atoms with E-state index < -0.39 is 8.07 Å². The zero-order valence-electron chi connectivity index (χ0n) is 28.4. The molecule has 2 aromatic heterocycles. The zero-order valence-corrected chi connectivity index (χ0v) is 29.4. The molecule has 1 aliphatic heterocycles. The summed E-state index contributed by atoms with van der Waals surface area (Å²) in [5.41, 5.74) is 10.4. The smallest absolute Gasteiger partial charge is 0.180 e. The Morgan fingerprint density at radius 3 is 1.58 bits per heavy atom. The summed E-state index contributed by atoms with van der Waals surface area (Å²) in [6.07, 6.45) is 3.91. The van der Waals surface area contributed by atoms with Crippen LogP contribution in [0, 0.1) is 0 Å². The van der Waals surface area contributed by atoms with Crippen LogP contribution in [0.3, 0.4) is 0 Å². The molecule has 244 valence electrons. The minimum Gasteiger partial charge on any atom is -0.306 e. The number of rotatable bonds is 6. The second-order valence-electron chi connectivity index (χ2n) is 13.4. The summed E-state index contributed by atoms with van der Waals surface area (Å²) in [6.45, 7) is 0. The average Bonchev–Trinajstić information content (AvgIpc) is 3.77. The third kappa shape index (κ3) is 4.73. The van der Waals surface area contributed by atoms with Gasteiger partial charge in [-0.15, -0.1) is 0 Å². The predicted molar refractivity (Wildman–Crippen MR) is 218 cm³/mol. The van der Waals surface area contributed by atoms with E-state index in [4.69, 9.17) is 9.97 Å². The van der Waals surface area contributed by atoms with Gasteiger partial charge in [-0.2, -0.15) is 0 Å². The number of benzene rings is 7.